The van der Waals surface area contributed by atoms with Crippen LogP contribution in [0.5, 0.6) is 0 Å². The highest BCUT2D eigenvalue weighted by Gasteiger charge is 2.57. The van der Waals surface area contributed by atoms with Crippen LogP contribution in [0.4, 0.5) is 4.79 Å². The van der Waals surface area contributed by atoms with Crippen molar-refractivity contribution in [3.05, 3.63) is 0 Å². The molecule has 0 aromatic heterocycles. The summed E-state index contributed by atoms with van der Waals surface area (Å²) in [6.07, 6.45) is 2.45. The van der Waals surface area contributed by atoms with Gasteiger partial charge >= 0.3 is 6.09 Å². The SMILES string of the molecule is CC(C)(C)C1C(CN)CC12CCN(C(=O)O)CC2. The summed E-state index contributed by atoms with van der Waals surface area (Å²) in [5.74, 6) is 1.27. The third-order valence-corrected chi connectivity index (χ3v) is 5.07. The molecule has 0 bridgehead atoms. The molecule has 0 radical (unpaired) electrons. The Bertz CT molecular complexity index is 327. The molecule has 2 aliphatic rings. The van der Waals surface area contributed by atoms with Gasteiger partial charge in [-0.1, -0.05) is 20.8 Å². The van der Waals surface area contributed by atoms with E-state index in [-0.39, 0.29) is 5.41 Å². The van der Waals surface area contributed by atoms with Crippen molar-refractivity contribution in [1.29, 1.82) is 0 Å². The highest BCUT2D eigenvalue weighted by molar-refractivity contribution is 5.65. The van der Waals surface area contributed by atoms with E-state index < -0.39 is 6.09 Å². The number of nitrogens with zero attached hydrogens (tertiary/aromatic N) is 1. The minimum absolute atomic E-state index is 0.272. The van der Waals surface area contributed by atoms with Crippen LogP contribution in [0.3, 0.4) is 0 Å². The largest absolute Gasteiger partial charge is 0.465 e. The van der Waals surface area contributed by atoms with E-state index in [0.717, 1.165) is 19.4 Å². The summed E-state index contributed by atoms with van der Waals surface area (Å²) < 4.78 is 0. The molecule has 1 saturated heterocycles. The second-order valence-electron chi connectivity index (χ2n) is 7.18. The van der Waals surface area contributed by atoms with Gasteiger partial charge in [0, 0.05) is 13.1 Å². The number of rotatable bonds is 1. The number of hydrogen-bond donors (Lipinski definition) is 2. The predicted molar refractivity (Wildman–Crippen MR) is 71.4 cm³/mol. The van der Waals surface area contributed by atoms with Crippen molar-refractivity contribution in [3.63, 3.8) is 0 Å². The molecule has 2 atom stereocenters. The van der Waals surface area contributed by atoms with Crippen LogP contribution in [0.2, 0.25) is 0 Å². The summed E-state index contributed by atoms with van der Waals surface area (Å²) in [5.41, 5.74) is 6.51. The van der Waals surface area contributed by atoms with Gasteiger partial charge < -0.3 is 15.7 Å². The van der Waals surface area contributed by atoms with E-state index in [1.165, 1.54) is 6.42 Å². The maximum atomic E-state index is 11.0. The van der Waals surface area contributed by atoms with Crippen LogP contribution in [0.15, 0.2) is 0 Å². The van der Waals surface area contributed by atoms with Crippen LogP contribution < -0.4 is 5.73 Å². The maximum absolute atomic E-state index is 11.0. The molecule has 0 aromatic rings. The molecular formula is C14H26N2O2. The quantitative estimate of drug-likeness (QED) is 0.755. The Labute approximate surface area is 110 Å². The van der Waals surface area contributed by atoms with E-state index >= 15 is 0 Å². The van der Waals surface area contributed by atoms with E-state index in [4.69, 9.17) is 10.8 Å². The fourth-order valence-corrected chi connectivity index (χ4v) is 4.61. The number of likely N-dealkylation sites (tertiary alicyclic amines) is 1. The first kappa shape index (κ1) is 13.7. The van der Waals surface area contributed by atoms with Gasteiger partial charge in [0.2, 0.25) is 0 Å². The summed E-state index contributed by atoms with van der Waals surface area (Å²) in [7, 11) is 0. The number of piperidine rings is 1. The van der Waals surface area contributed by atoms with Crippen LogP contribution >= 0.6 is 0 Å². The first-order valence-corrected chi connectivity index (χ1v) is 6.98. The van der Waals surface area contributed by atoms with E-state index in [0.29, 0.717) is 30.3 Å². The molecule has 18 heavy (non-hydrogen) atoms. The zero-order valence-corrected chi connectivity index (χ0v) is 11.8. The molecule has 1 saturated carbocycles. The lowest BCUT2D eigenvalue weighted by Gasteiger charge is -2.63. The molecule has 1 aliphatic heterocycles. The summed E-state index contributed by atoms with van der Waals surface area (Å²) in [5, 5.41) is 9.03. The van der Waals surface area contributed by atoms with Gasteiger partial charge in [-0.05, 0) is 48.5 Å². The van der Waals surface area contributed by atoms with Gasteiger partial charge in [0.25, 0.3) is 0 Å². The molecule has 0 aromatic carbocycles. The lowest BCUT2D eigenvalue weighted by molar-refractivity contribution is -0.132. The summed E-state index contributed by atoms with van der Waals surface area (Å²) in [4.78, 5) is 12.5. The smallest absolute Gasteiger partial charge is 0.407 e. The maximum Gasteiger partial charge on any atom is 0.407 e. The van der Waals surface area contributed by atoms with Gasteiger partial charge in [-0.15, -0.1) is 0 Å². The highest BCUT2D eigenvalue weighted by atomic mass is 16.4. The topological polar surface area (TPSA) is 66.6 Å². The first-order valence-electron chi connectivity index (χ1n) is 6.98. The number of nitrogens with two attached hydrogens (primary N) is 1. The van der Waals surface area contributed by atoms with Gasteiger partial charge in [0.15, 0.2) is 0 Å². The van der Waals surface area contributed by atoms with Crippen molar-refractivity contribution in [2.24, 2.45) is 28.4 Å². The van der Waals surface area contributed by atoms with E-state index in [2.05, 4.69) is 20.8 Å². The Kier molecular flexibility index (Phi) is 3.34. The van der Waals surface area contributed by atoms with Crippen molar-refractivity contribution in [2.75, 3.05) is 19.6 Å². The molecule has 4 nitrogen and oxygen atoms in total. The monoisotopic (exact) mass is 254 g/mol. The van der Waals surface area contributed by atoms with Crippen LogP contribution in [0.25, 0.3) is 0 Å². The standard InChI is InChI=1S/C14H26N2O2/c1-13(2,3)11-10(9-15)8-14(11)4-6-16(7-5-14)12(17)18/h10-11H,4-9,15H2,1-3H3,(H,17,18). The molecular weight excluding hydrogens is 228 g/mol. The van der Waals surface area contributed by atoms with E-state index in [9.17, 15) is 4.79 Å². The Morgan fingerprint density at radius 3 is 2.33 bits per heavy atom. The van der Waals surface area contributed by atoms with Gasteiger partial charge in [-0.25, -0.2) is 4.79 Å². The lowest BCUT2D eigenvalue weighted by atomic mass is 9.44. The number of carbonyl (C=O) groups is 1. The Morgan fingerprint density at radius 2 is 1.94 bits per heavy atom. The number of carboxylic acid groups (broad SMARTS) is 1. The van der Waals surface area contributed by atoms with Crippen LogP contribution in [0.1, 0.15) is 40.0 Å². The third kappa shape index (κ3) is 2.11. The molecule has 104 valence electrons. The molecule has 1 spiro atoms. The molecule has 3 N–H and O–H groups in total. The average molecular weight is 254 g/mol. The molecule has 2 fully saturated rings. The zero-order valence-electron chi connectivity index (χ0n) is 11.8. The Hall–Kier alpha value is -0.770. The Morgan fingerprint density at radius 1 is 1.39 bits per heavy atom. The second-order valence-corrected chi connectivity index (χ2v) is 7.18. The van der Waals surface area contributed by atoms with Crippen molar-refractivity contribution < 1.29 is 9.90 Å². The molecule has 1 amide bonds. The third-order valence-electron chi connectivity index (χ3n) is 5.07. The predicted octanol–water partition coefficient (Wildman–Crippen LogP) is 2.39. The van der Waals surface area contributed by atoms with Gasteiger partial charge in [-0.3, -0.25) is 0 Å². The minimum atomic E-state index is -0.771. The number of hydrogen-bond acceptors (Lipinski definition) is 2. The van der Waals surface area contributed by atoms with Gasteiger partial charge in [-0.2, -0.15) is 0 Å². The first-order chi connectivity index (χ1) is 8.30. The van der Waals surface area contributed by atoms with Crippen LogP contribution in [-0.2, 0) is 0 Å². The van der Waals surface area contributed by atoms with Crippen LogP contribution in [-0.4, -0.2) is 35.7 Å². The summed E-state index contributed by atoms with van der Waals surface area (Å²) >= 11 is 0. The van der Waals surface area contributed by atoms with Crippen LogP contribution in [0, 0.1) is 22.7 Å². The molecule has 1 aliphatic carbocycles. The number of amides is 1. The van der Waals surface area contributed by atoms with E-state index in [1.807, 2.05) is 0 Å². The van der Waals surface area contributed by atoms with Crippen molar-refractivity contribution >= 4 is 6.09 Å². The fourth-order valence-electron chi connectivity index (χ4n) is 4.61. The molecule has 2 unspecified atom stereocenters. The summed E-state index contributed by atoms with van der Waals surface area (Å²) in [6, 6.07) is 0. The van der Waals surface area contributed by atoms with Crippen molar-refractivity contribution in [3.8, 4) is 0 Å². The fraction of sp³-hybridized carbons (Fsp3) is 0.929. The minimum Gasteiger partial charge on any atom is -0.465 e. The molecule has 2 rings (SSSR count). The van der Waals surface area contributed by atoms with Crippen molar-refractivity contribution in [1.82, 2.24) is 4.90 Å². The normalized spacial score (nSPS) is 31.2. The van der Waals surface area contributed by atoms with Gasteiger partial charge in [0.05, 0.1) is 0 Å². The molecule has 1 heterocycles. The molecule has 4 heteroatoms. The highest BCUT2D eigenvalue weighted by Crippen LogP contribution is 2.62. The van der Waals surface area contributed by atoms with E-state index in [1.54, 1.807) is 4.90 Å². The average Bonchev–Trinajstić information content (AvgIpc) is 2.23. The Balaban J connectivity index is 2.08. The zero-order chi connectivity index (χ0) is 13.6. The second kappa shape index (κ2) is 4.41. The lowest BCUT2D eigenvalue weighted by Crippen LogP contribution is -2.60. The van der Waals surface area contributed by atoms with Gasteiger partial charge in [0.1, 0.15) is 0 Å². The summed E-state index contributed by atoms with van der Waals surface area (Å²) in [6.45, 7) is 9.05. The van der Waals surface area contributed by atoms with Crippen molar-refractivity contribution in [2.45, 2.75) is 40.0 Å².